The number of carbonyl (C=O) groups excluding carboxylic acids is 2. The predicted octanol–water partition coefficient (Wildman–Crippen LogP) is 4.16. The van der Waals surface area contributed by atoms with Crippen molar-refractivity contribution >= 4 is 22.7 Å². The minimum Gasteiger partial charge on any atom is -0.459 e. The topological polar surface area (TPSA) is 92.2 Å². The number of aromatic amines is 1. The van der Waals surface area contributed by atoms with E-state index in [1.165, 1.54) is 6.07 Å². The van der Waals surface area contributed by atoms with Gasteiger partial charge in [-0.05, 0) is 36.6 Å². The molecular formula is C25H20N2O4. The fraction of sp³-hybridized carbons (Fsp3) is 0.160. The molecule has 0 aliphatic heterocycles. The van der Waals surface area contributed by atoms with E-state index in [9.17, 15) is 14.4 Å². The molecule has 2 aromatic carbocycles. The van der Waals surface area contributed by atoms with E-state index in [1.54, 1.807) is 0 Å². The van der Waals surface area contributed by atoms with E-state index >= 15 is 0 Å². The number of Topliss-reactive ketones (excluding diaryl/α,β-unsaturated/α-hetero) is 1. The third-order valence-corrected chi connectivity index (χ3v) is 5.64. The molecular weight excluding hydrogens is 392 g/mol. The molecule has 1 atom stereocenters. The van der Waals surface area contributed by atoms with Gasteiger partial charge in [-0.3, -0.25) is 14.4 Å². The Bertz CT molecular complexity index is 1320. The van der Waals surface area contributed by atoms with E-state index in [2.05, 4.69) is 10.3 Å². The Morgan fingerprint density at radius 2 is 1.74 bits per heavy atom. The quantitative estimate of drug-likeness (QED) is 0.526. The lowest BCUT2D eigenvalue weighted by atomic mass is 9.93. The first-order valence-electron chi connectivity index (χ1n) is 10.2. The van der Waals surface area contributed by atoms with Crippen LogP contribution in [0.2, 0.25) is 0 Å². The van der Waals surface area contributed by atoms with Crippen LogP contribution < -0.4 is 10.9 Å². The summed E-state index contributed by atoms with van der Waals surface area (Å²) >= 11 is 0. The van der Waals surface area contributed by atoms with Crippen LogP contribution in [-0.4, -0.2) is 16.7 Å². The van der Waals surface area contributed by atoms with Crippen LogP contribution in [-0.2, 0) is 6.42 Å². The summed E-state index contributed by atoms with van der Waals surface area (Å²) in [4.78, 5) is 40.7. The standard InChI is InChI=1S/C25H20N2O4/c28-20-11-6-10-19-17(20)14-18(24(29)26-19)25(30)27-23(15-7-2-1-3-8-15)22-13-16-9-4-5-12-21(16)31-22/h1-5,7-9,12-14,23H,6,10-11H2,(H,26,29)(H,27,30)/t23-/m0/s1. The van der Waals surface area contributed by atoms with Gasteiger partial charge in [-0.1, -0.05) is 48.5 Å². The molecule has 6 heteroatoms. The number of pyridine rings is 1. The Labute approximate surface area is 177 Å². The number of H-pyrrole nitrogens is 1. The van der Waals surface area contributed by atoms with E-state index in [0.29, 0.717) is 41.9 Å². The second kappa shape index (κ2) is 7.72. The summed E-state index contributed by atoms with van der Waals surface area (Å²) in [5.41, 5.74) is 1.99. The molecule has 1 amide bonds. The average molecular weight is 412 g/mol. The van der Waals surface area contributed by atoms with E-state index in [4.69, 9.17) is 4.42 Å². The monoisotopic (exact) mass is 412 g/mol. The molecule has 0 saturated heterocycles. The summed E-state index contributed by atoms with van der Waals surface area (Å²) in [5.74, 6) is -0.0496. The highest BCUT2D eigenvalue weighted by Gasteiger charge is 2.26. The van der Waals surface area contributed by atoms with Crippen molar-refractivity contribution in [3.63, 3.8) is 0 Å². The van der Waals surface area contributed by atoms with Gasteiger partial charge in [0.15, 0.2) is 5.78 Å². The third kappa shape index (κ3) is 3.57. The fourth-order valence-corrected chi connectivity index (χ4v) is 4.06. The number of nitrogens with one attached hydrogen (secondary N) is 2. The lowest BCUT2D eigenvalue weighted by Crippen LogP contribution is -2.34. The third-order valence-electron chi connectivity index (χ3n) is 5.64. The number of fused-ring (bicyclic) bond motifs is 2. The van der Waals surface area contributed by atoms with Crippen molar-refractivity contribution in [1.82, 2.24) is 10.3 Å². The number of benzene rings is 2. The minimum atomic E-state index is -0.591. The maximum Gasteiger partial charge on any atom is 0.261 e. The zero-order valence-corrected chi connectivity index (χ0v) is 16.7. The molecule has 4 aromatic rings. The molecule has 2 N–H and O–H groups in total. The molecule has 0 bridgehead atoms. The molecule has 2 aromatic heterocycles. The first-order valence-corrected chi connectivity index (χ1v) is 10.2. The van der Waals surface area contributed by atoms with E-state index in [1.807, 2.05) is 60.7 Å². The number of furan rings is 1. The van der Waals surface area contributed by atoms with Crippen LogP contribution in [0.1, 0.15) is 56.6 Å². The van der Waals surface area contributed by atoms with E-state index in [0.717, 1.165) is 10.9 Å². The van der Waals surface area contributed by atoms with Crippen molar-refractivity contribution in [3.05, 3.63) is 105 Å². The van der Waals surface area contributed by atoms with Crippen molar-refractivity contribution in [2.24, 2.45) is 0 Å². The van der Waals surface area contributed by atoms with Crippen LogP contribution in [0.15, 0.2) is 75.9 Å². The van der Waals surface area contributed by atoms with Gasteiger partial charge in [-0.2, -0.15) is 0 Å². The van der Waals surface area contributed by atoms with Crippen molar-refractivity contribution < 1.29 is 14.0 Å². The Balaban J connectivity index is 1.54. The van der Waals surface area contributed by atoms with Crippen molar-refractivity contribution in [3.8, 4) is 0 Å². The number of amides is 1. The van der Waals surface area contributed by atoms with Gasteiger partial charge in [0.05, 0.1) is 0 Å². The van der Waals surface area contributed by atoms with Crippen LogP contribution in [0.25, 0.3) is 11.0 Å². The lowest BCUT2D eigenvalue weighted by Gasteiger charge is -2.18. The summed E-state index contributed by atoms with van der Waals surface area (Å²) in [7, 11) is 0. The zero-order chi connectivity index (χ0) is 21.4. The van der Waals surface area contributed by atoms with Gasteiger partial charge in [0, 0.05) is 23.1 Å². The summed E-state index contributed by atoms with van der Waals surface area (Å²) < 4.78 is 6.00. The highest BCUT2D eigenvalue weighted by atomic mass is 16.3. The molecule has 1 aliphatic rings. The summed E-state index contributed by atoms with van der Waals surface area (Å²) in [6.07, 6.45) is 1.75. The maximum atomic E-state index is 13.1. The predicted molar refractivity (Wildman–Crippen MR) is 116 cm³/mol. The molecule has 5 rings (SSSR count). The van der Waals surface area contributed by atoms with Gasteiger partial charge >= 0.3 is 0 Å². The summed E-state index contributed by atoms with van der Waals surface area (Å²) in [6.45, 7) is 0. The Morgan fingerprint density at radius 1 is 0.968 bits per heavy atom. The normalized spacial score (nSPS) is 14.3. The van der Waals surface area contributed by atoms with Crippen molar-refractivity contribution in [2.75, 3.05) is 0 Å². The Kier molecular flexibility index (Phi) is 4.75. The number of aromatic nitrogens is 1. The van der Waals surface area contributed by atoms with Gasteiger partial charge in [-0.15, -0.1) is 0 Å². The van der Waals surface area contributed by atoms with Crippen LogP contribution >= 0.6 is 0 Å². The highest BCUT2D eigenvalue weighted by Crippen LogP contribution is 2.28. The molecule has 6 nitrogen and oxygen atoms in total. The molecule has 31 heavy (non-hydrogen) atoms. The molecule has 0 spiro atoms. The summed E-state index contributed by atoms with van der Waals surface area (Å²) in [5, 5.41) is 3.85. The van der Waals surface area contributed by atoms with Gasteiger partial charge < -0.3 is 14.7 Å². The fourth-order valence-electron chi connectivity index (χ4n) is 4.06. The minimum absolute atomic E-state index is 0.0524. The van der Waals surface area contributed by atoms with Crippen LogP contribution in [0.3, 0.4) is 0 Å². The lowest BCUT2D eigenvalue weighted by molar-refractivity contribution is 0.0937. The molecule has 0 saturated carbocycles. The van der Waals surface area contributed by atoms with E-state index in [-0.39, 0.29) is 11.3 Å². The number of hydrogen-bond acceptors (Lipinski definition) is 4. The van der Waals surface area contributed by atoms with Crippen molar-refractivity contribution in [2.45, 2.75) is 25.3 Å². The number of carbonyl (C=O) groups is 2. The smallest absolute Gasteiger partial charge is 0.261 e. The number of rotatable bonds is 4. The molecule has 2 heterocycles. The largest absolute Gasteiger partial charge is 0.459 e. The molecule has 0 radical (unpaired) electrons. The SMILES string of the molecule is O=C1CCCc2[nH]c(=O)c(C(=O)N[C@@H](c3ccccc3)c3cc4ccccc4o3)cc21. The maximum absolute atomic E-state index is 13.1. The molecule has 0 fully saturated rings. The average Bonchev–Trinajstić information content (AvgIpc) is 3.21. The Morgan fingerprint density at radius 3 is 2.55 bits per heavy atom. The van der Waals surface area contributed by atoms with Crippen molar-refractivity contribution in [1.29, 1.82) is 0 Å². The van der Waals surface area contributed by atoms with Crippen LogP contribution in [0.4, 0.5) is 0 Å². The number of hydrogen-bond donors (Lipinski definition) is 2. The van der Waals surface area contributed by atoms with Gasteiger partial charge in [0.2, 0.25) is 0 Å². The van der Waals surface area contributed by atoms with Crippen LogP contribution in [0.5, 0.6) is 0 Å². The Hall–Kier alpha value is -3.93. The second-order valence-electron chi connectivity index (χ2n) is 7.68. The highest BCUT2D eigenvalue weighted by molar-refractivity contribution is 6.01. The first-order chi connectivity index (χ1) is 15.1. The van der Waals surface area contributed by atoms with Crippen LogP contribution in [0, 0.1) is 0 Å². The number of aryl methyl sites for hydroxylation is 1. The second-order valence-corrected chi connectivity index (χ2v) is 7.68. The summed E-state index contributed by atoms with van der Waals surface area (Å²) in [6, 6.07) is 19.7. The number of ketones is 1. The molecule has 1 aliphatic carbocycles. The molecule has 0 unspecified atom stereocenters. The van der Waals surface area contributed by atoms with E-state index < -0.39 is 17.5 Å². The molecule has 154 valence electrons. The van der Waals surface area contributed by atoms with Gasteiger partial charge in [0.1, 0.15) is 22.9 Å². The first kappa shape index (κ1) is 19.1. The van der Waals surface area contributed by atoms with Gasteiger partial charge in [0.25, 0.3) is 11.5 Å². The zero-order valence-electron chi connectivity index (χ0n) is 16.7. The van der Waals surface area contributed by atoms with Gasteiger partial charge in [-0.25, -0.2) is 0 Å². The number of para-hydroxylation sites is 1.